The largest absolute Gasteiger partial charge is 0.497 e. The Balaban J connectivity index is 1.66. The molecule has 146 valence electrons. The lowest BCUT2D eigenvalue weighted by Crippen LogP contribution is -2.14. The van der Waals surface area contributed by atoms with E-state index in [-0.39, 0.29) is 18.1 Å². The first-order valence-corrected chi connectivity index (χ1v) is 9.21. The van der Waals surface area contributed by atoms with Crippen LogP contribution in [0, 0.1) is 6.92 Å². The third kappa shape index (κ3) is 5.04. The lowest BCUT2D eigenvalue weighted by molar-refractivity contribution is -0.115. The summed E-state index contributed by atoms with van der Waals surface area (Å²) in [7, 11) is 1.59. The molecular weight excluding hydrogens is 386 g/mol. The Hall–Kier alpha value is -3.00. The van der Waals surface area contributed by atoms with Crippen LogP contribution >= 0.6 is 11.3 Å². The molecule has 2 aromatic carbocycles. The Morgan fingerprint density at radius 2 is 1.75 bits per heavy atom. The normalized spacial score (nSPS) is 10.8. The van der Waals surface area contributed by atoms with Gasteiger partial charge in [-0.25, -0.2) is 4.98 Å². The second-order valence-corrected chi connectivity index (χ2v) is 7.10. The maximum Gasteiger partial charge on any atom is 0.387 e. The third-order valence-electron chi connectivity index (χ3n) is 3.92. The first kappa shape index (κ1) is 19.8. The molecule has 0 atom stereocenters. The molecule has 3 aromatic rings. The van der Waals surface area contributed by atoms with Crippen LogP contribution in [0.2, 0.25) is 0 Å². The number of rotatable bonds is 7. The van der Waals surface area contributed by atoms with Gasteiger partial charge in [-0.15, -0.1) is 11.3 Å². The van der Waals surface area contributed by atoms with E-state index in [0.717, 1.165) is 21.8 Å². The van der Waals surface area contributed by atoms with Gasteiger partial charge >= 0.3 is 6.61 Å². The van der Waals surface area contributed by atoms with Crippen molar-refractivity contribution in [1.82, 2.24) is 4.98 Å². The van der Waals surface area contributed by atoms with Crippen molar-refractivity contribution >= 4 is 22.4 Å². The van der Waals surface area contributed by atoms with Gasteiger partial charge in [-0.05, 0) is 48.9 Å². The maximum atomic E-state index is 12.3. The van der Waals surface area contributed by atoms with Crippen molar-refractivity contribution in [3.05, 3.63) is 59.0 Å². The minimum atomic E-state index is -2.86. The Morgan fingerprint density at radius 3 is 2.36 bits per heavy atom. The Bertz CT molecular complexity index is 941. The second-order valence-electron chi connectivity index (χ2n) is 5.90. The number of nitrogens with zero attached hydrogens (tertiary/aromatic N) is 1. The van der Waals surface area contributed by atoms with E-state index < -0.39 is 6.61 Å². The number of alkyl halides is 2. The summed E-state index contributed by atoms with van der Waals surface area (Å²) in [6, 6.07) is 13.5. The molecule has 0 saturated carbocycles. The van der Waals surface area contributed by atoms with Crippen LogP contribution in [-0.4, -0.2) is 24.6 Å². The number of ether oxygens (including phenoxy) is 2. The predicted molar refractivity (Wildman–Crippen MR) is 104 cm³/mol. The molecule has 0 aliphatic rings. The van der Waals surface area contributed by atoms with Crippen LogP contribution < -0.4 is 14.8 Å². The number of aryl methyl sites for hydroxylation is 1. The number of anilines is 1. The number of methoxy groups -OCH3 is 1. The quantitative estimate of drug-likeness (QED) is 0.608. The molecule has 0 radical (unpaired) electrons. The first-order valence-electron chi connectivity index (χ1n) is 8.40. The Labute approximate surface area is 164 Å². The van der Waals surface area contributed by atoms with E-state index in [0.29, 0.717) is 10.8 Å². The average molecular weight is 404 g/mol. The lowest BCUT2D eigenvalue weighted by Gasteiger charge is -2.05. The zero-order chi connectivity index (χ0) is 20.1. The second kappa shape index (κ2) is 8.79. The predicted octanol–water partition coefficient (Wildman–Crippen LogP) is 4.91. The number of hydrogen-bond donors (Lipinski definition) is 1. The highest BCUT2D eigenvalue weighted by Gasteiger charge is 2.13. The molecule has 0 saturated heterocycles. The highest BCUT2D eigenvalue weighted by molar-refractivity contribution is 7.16. The summed E-state index contributed by atoms with van der Waals surface area (Å²) in [5.74, 6) is 0.639. The minimum absolute atomic E-state index is 0.0830. The SMILES string of the molecule is COc1ccc(CC(=O)Nc2nc(-c3ccc(OC(F)F)cc3)c(C)s2)cc1. The fourth-order valence-corrected chi connectivity index (χ4v) is 3.46. The molecule has 0 aliphatic carbocycles. The summed E-state index contributed by atoms with van der Waals surface area (Å²) < 4.78 is 33.9. The summed E-state index contributed by atoms with van der Waals surface area (Å²) in [4.78, 5) is 17.6. The molecule has 0 bridgehead atoms. The van der Waals surface area contributed by atoms with Crippen molar-refractivity contribution in [2.75, 3.05) is 12.4 Å². The van der Waals surface area contributed by atoms with Gasteiger partial charge in [0.05, 0.1) is 19.2 Å². The van der Waals surface area contributed by atoms with Crippen molar-refractivity contribution in [3.63, 3.8) is 0 Å². The molecule has 1 amide bonds. The van der Waals surface area contributed by atoms with E-state index in [4.69, 9.17) is 4.74 Å². The van der Waals surface area contributed by atoms with Crippen LogP contribution in [0.1, 0.15) is 10.4 Å². The number of nitrogens with one attached hydrogen (secondary N) is 1. The fraction of sp³-hybridized carbons (Fsp3) is 0.200. The van der Waals surface area contributed by atoms with E-state index >= 15 is 0 Å². The molecule has 1 heterocycles. The van der Waals surface area contributed by atoms with Crippen LogP contribution in [0.15, 0.2) is 48.5 Å². The molecule has 0 fully saturated rings. The summed E-state index contributed by atoms with van der Waals surface area (Å²) in [6.45, 7) is -0.977. The number of aromatic nitrogens is 1. The number of hydrogen-bond acceptors (Lipinski definition) is 5. The number of benzene rings is 2. The lowest BCUT2D eigenvalue weighted by atomic mass is 10.1. The van der Waals surface area contributed by atoms with Crippen LogP contribution in [0.3, 0.4) is 0 Å². The molecule has 1 aromatic heterocycles. The summed E-state index contributed by atoms with van der Waals surface area (Å²) in [6.07, 6.45) is 0.220. The van der Waals surface area contributed by atoms with E-state index in [1.54, 1.807) is 31.4 Å². The van der Waals surface area contributed by atoms with Crippen LogP contribution in [-0.2, 0) is 11.2 Å². The molecular formula is C20H18F2N2O3S. The molecule has 0 spiro atoms. The van der Waals surface area contributed by atoms with Gasteiger partial charge in [0.2, 0.25) is 5.91 Å². The van der Waals surface area contributed by atoms with E-state index in [1.807, 2.05) is 19.1 Å². The fourth-order valence-electron chi connectivity index (χ4n) is 2.60. The van der Waals surface area contributed by atoms with E-state index in [1.165, 1.54) is 23.5 Å². The third-order valence-corrected chi connectivity index (χ3v) is 4.81. The molecule has 0 unspecified atom stereocenters. The maximum absolute atomic E-state index is 12.3. The van der Waals surface area contributed by atoms with Gasteiger partial charge < -0.3 is 14.8 Å². The van der Waals surface area contributed by atoms with Crippen LogP contribution in [0.4, 0.5) is 13.9 Å². The van der Waals surface area contributed by atoms with Crippen LogP contribution in [0.5, 0.6) is 11.5 Å². The van der Waals surface area contributed by atoms with Crippen molar-refractivity contribution in [1.29, 1.82) is 0 Å². The van der Waals surface area contributed by atoms with Crippen molar-refractivity contribution < 1.29 is 23.0 Å². The van der Waals surface area contributed by atoms with Crippen molar-refractivity contribution in [2.24, 2.45) is 0 Å². The van der Waals surface area contributed by atoms with E-state index in [2.05, 4.69) is 15.0 Å². The Kier molecular flexibility index (Phi) is 6.20. The van der Waals surface area contributed by atoms with Gasteiger partial charge in [-0.3, -0.25) is 4.79 Å². The molecule has 3 rings (SSSR count). The average Bonchev–Trinajstić information content (AvgIpc) is 3.02. The van der Waals surface area contributed by atoms with Gasteiger partial charge in [-0.2, -0.15) is 8.78 Å². The summed E-state index contributed by atoms with van der Waals surface area (Å²) >= 11 is 1.35. The molecule has 0 aliphatic heterocycles. The van der Waals surface area contributed by atoms with Gasteiger partial charge in [0.1, 0.15) is 11.5 Å². The topological polar surface area (TPSA) is 60.5 Å². The van der Waals surface area contributed by atoms with Gasteiger partial charge in [-0.1, -0.05) is 12.1 Å². The summed E-state index contributed by atoms with van der Waals surface area (Å²) in [5, 5.41) is 3.29. The number of carbonyl (C=O) groups is 1. The van der Waals surface area contributed by atoms with Crippen LogP contribution in [0.25, 0.3) is 11.3 Å². The number of amides is 1. The highest BCUT2D eigenvalue weighted by Crippen LogP contribution is 2.31. The van der Waals surface area contributed by atoms with Crippen molar-refractivity contribution in [3.8, 4) is 22.8 Å². The Morgan fingerprint density at radius 1 is 1.11 bits per heavy atom. The first-order chi connectivity index (χ1) is 13.4. The molecule has 1 N–H and O–H groups in total. The number of halogens is 2. The zero-order valence-electron chi connectivity index (χ0n) is 15.2. The monoisotopic (exact) mass is 404 g/mol. The minimum Gasteiger partial charge on any atom is -0.497 e. The zero-order valence-corrected chi connectivity index (χ0v) is 16.1. The molecule has 28 heavy (non-hydrogen) atoms. The van der Waals surface area contributed by atoms with E-state index in [9.17, 15) is 13.6 Å². The summed E-state index contributed by atoms with van der Waals surface area (Å²) in [5.41, 5.74) is 2.31. The van der Waals surface area contributed by atoms with Gasteiger partial charge in [0, 0.05) is 10.4 Å². The van der Waals surface area contributed by atoms with Gasteiger partial charge in [0.15, 0.2) is 5.13 Å². The molecule has 5 nitrogen and oxygen atoms in total. The highest BCUT2D eigenvalue weighted by atomic mass is 32.1. The number of thiazole rings is 1. The smallest absolute Gasteiger partial charge is 0.387 e. The number of carbonyl (C=O) groups excluding carboxylic acids is 1. The molecule has 8 heteroatoms. The standard InChI is InChI=1S/C20H18F2N2O3S/c1-12-18(14-5-9-16(10-6-14)27-19(21)22)24-20(28-12)23-17(25)11-13-3-7-15(26-2)8-4-13/h3-10,19H,11H2,1-2H3,(H,23,24,25). The van der Waals surface area contributed by atoms with Crippen molar-refractivity contribution in [2.45, 2.75) is 20.0 Å². The van der Waals surface area contributed by atoms with Gasteiger partial charge in [0.25, 0.3) is 0 Å².